The number of carbonyl (C=O) groups is 1. The topological polar surface area (TPSA) is 56.8 Å². The van der Waals surface area contributed by atoms with E-state index >= 15 is 0 Å². The van der Waals surface area contributed by atoms with Gasteiger partial charge in [-0.15, -0.1) is 0 Å². The van der Waals surface area contributed by atoms with Crippen molar-refractivity contribution in [3.8, 4) is 0 Å². The van der Waals surface area contributed by atoms with Crippen LogP contribution in [0.4, 0.5) is 0 Å². The molecule has 0 aromatic carbocycles. The molecule has 3 unspecified atom stereocenters. The molecule has 0 aliphatic heterocycles. The van der Waals surface area contributed by atoms with Gasteiger partial charge in [0.05, 0.1) is 19.3 Å². The van der Waals surface area contributed by atoms with Crippen molar-refractivity contribution in [2.75, 3.05) is 27.9 Å². The summed E-state index contributed by atoms with van der Waals surface area (Å²) in [5.74, 6) is -0.225. The van der Waals surface area contributed by atoms with E-state index in [4.69, 9.17) is 14.2 Å². The lowest BCUT2D eigenvalue weighted by molar-refractivity contribution is -0.148. The molecule has 0 heterocycles. The minimum Gasteiger partial charge on any atom is -0.468 e. The van der Waals surface area contributed by atoms with Crippen LogP contribution in [0.25, 0.3) is 0 Å². The molecule has 0 amide bonds. The zero-order valence-corrected chi connectivity index (χ0v) is 13.2. The molecule has 20 heavy (non-hydrogen) atoms. The Kier molecular flexibility index (Phi) is 7.48. The van der Waals surface area contributed by atoms with E-state index in [2.05, 4.69) is 5.32 Å². The number of likely N-dealkylation sites (N-methyl/N-ethyl adjacent to an activating group) is 1. The first kappa shape index (κ1) is 17.4. The van der Waals surface area contributed by atoms with Gasteiger partial charge in [0.25, 0.3) is 0 Å². The Morgan fingerprint density at radius 1 is 1.30 bits per heavy atom. The van der Waals surface area contributed by atoms with Gasteiger partial charge in [0.2, 0.25) is 0 Å². The number of rotatable bonds is 8. The van der Waals surface area contributed by atoms with Crippen molar-refractivity contribution in [2.24, 2.45) is 0 Å². The van der Waals surface area contributed by atoms with Crippen LogP contribution in [0, 0.1) is 0 Å². The summed E-state index contributed by atoms with van der Waals surface area (Å²) in [7, 11) is 4.96. The average Bonchev–Trinajstić information content (AvgIpc) is 2.50. The zero-order chi connectivity index (χ0) is 15.0. The molecule has 1 rings (SSSR count). The summed E-state index contributed by atoms with van der Waals surface area (Å²) in [6, 6.07) is 0. The Labute approximate surface area is 122 Å². The Hall–Kier alpha value is -0.650. The molecule has 0 saturated heterocycles. The Bertz CT molecular complexity index is 298. The van der Waals surface area contributed by atoms with Crippen molar-refractivity contribution >= 4 is 5.97 Å². The van der Waals surface area contributed by atoms with Crippen LogP contribution in [0.15, 0.2) is 0 Å². The molecule has 3 atom stereocenters. The minimum atomic E-state index is -0.625. The highest BCUT2D eigenvalue weighted by Crippen LogP contribution is 2.23. The fraction of sp³-hybridized carbons (Fsp3) is 0.933. The second-order valence-corrected chi connectivity index (χ2v) is 5.69. The lowest BCUT2D eigenvalue weighted by Gasteiger charge is -2.29. The van der Waals surface area contributed by atoms with Crippen molar-refractivity contribution in [1.82, 2.24) is 5.32 Å². The monoisotopic (exact) mass is 287 g/mol. The predicted molar refractivity (Wildman–Crippen MR) is 77.7 cm³/mol. The molecule has 1 aliphatic carbocycles. The molecular formula is C15H29NO4. The van der Waals surface area contributed by atoms with Crippen molar-refractivity contribution in [1.29, 1.82) is 0 Å². The molecule has 0 aromatic heterocycles. The fourth-order valence-electron chi connectivity index (χ4n) is 2.70. The van der Waals surface area contributed by atoms with Gasteiger partial charge in [0.1, 0.15) is 5.54 Å². The van der Waals surface area contributed by atoms with Crippen LogP contribution in [0.2, 0.25) is 0 Å². The summed E-state index contributed by atoms with van der Waals surface area (Å²) in [4.78, 5) is 11.7. The van der Waals surface area contributed by atoms with Gasteiger partial charge >= 0.3 is 5.97 Å². The number of esters is 1. The summed E-state index contributed by atoms with van der Waals surface area (Å²) >= 11 is 0. The smallest absolute Gasteiger partial charge is 0.325 e. The van der Waals surface area contributed by atoms with E-state index < -0.39 is 5.54 Å². The molecule has 1 N–H and O–H groups in total. The SMILES string of the molecule is CNC(C)(CCCOC1CCCC(OC)C1)C(=O)OC. The summed E-state index contributed by atoms with van der Waals surface area (Å²) in [6.07, 6.45) is 6.57. The predicted octanol–water partition coefficient (Wildman–Crippen LogP) is 1.89. The van der Waals surface area contributed by atoms with Crippen LogP contribution in [0.1, 0.15) is 45.4 Å². The quantitative estimate of drug-likeness (QED) is 0.546. The van der Waals surface area contributed by atoms with Crippen LogP contribution in [-0.4, -0.2) is 51.6 Å². The van der Waals surface area contributed by atoms with E-state index in [0.717, 1.165) is 25.7 Å². The van der Waals surface area contributed by atoms with Crippen LogP contribution >= 0.6 is 0 Å². The first-order valence-corrected chi connectivity index (χ1v) is 7.47. The molecule has 1 saturated carbocycles. The standard InChI is InChI=1S/C15H29NO4/c1-15(16-2,14(17)19-4)9-6-10-20-13-8-5-7-12(11-13)18-3/h12-13,16H,5-11H2,1-4H3. The molecule has 1 aliphatic rings. The Morgan fingerprint density at radius 3 is 2.60 bits per heavy atom. The Morgan fingerprint density at radius 2 is 2.00 bits per heavy atom. The van der Waals surface area contributed by atoms with Gasteiger partial charge in [-0.25, -0.2) is 0 Å². The maximum atomic E-state index is 11.7. The number of carbonyl (C=O) groups excluding carboxylic acids is 1. The number of nitrogens with one attached hydrogen (secondary N) is 1. The van der Waals surface area contributed by atoms with Gasteiger partial charge in [-0.1, -0.05) is 0 Å². The lowest BCUT2D eigenvalue weighted by atomic mass is 9.94. The van der Waals surface area contributed by atoms with Gasteiger partial charge < -0.3 is 19.5 Å². The molecule has 0 radical (unpaired) electrons. The minimum absolute atomic E-state index is 0.225. The number of ether oxygens (including phenoxy) is 3. The maximum absolute atomic E-state index is 11.7. The number of hydrogen-bond acceptors (Lipinski definition) is 5. The van der Waals surface area contributed by atoms with E-state index in [9.17, 15) is 4.79 Å². The maximum Gasteiger partial charge on any atom is 0.325 e. The molecule has 0 bridgehead atoms. The van der Waals surface area contributed by atoms with E-state index in [1.807, 2.05) is 6.92 Å². The summed E-state index contributed by atoms with van der Waals surface area (Å²) in [6.45, 7) is 2.54. The fourth-order valence-corrected chi connectivity index (χ4v) is 2.70. The van der Waals surface area contributed by atoms with E-state index in [1.165, 1.54) is 13.5 Å². The average molecular weight is 287 g/mol. The van der Waals surface area contributed by atoms with E-state index in [-0.39, 0.29) is 5.97 Å². The third-order valence-electron chi connectivity index (χ3n) is 4.27. The molecule has 5 heteroatoms. The van der Waals surface area contributed by atoms with E-state index in [0.29, 0.717) is 25.2 Å². The molecule has 0 spiro atoms. The van der Waals surface area contributed by atoms with Crippen LogP contribution < -0.4 is 5.32 Å². The molecule has 118 valence electrons. The van der Waals surface area contributed by atoms with Crippen molar-refractivity contribution in [2.45, 2.75) is 63.2 Å². The third kappa shape index (κ3) is 5.04. The van der Waals surface area contributed by atoms with Crippen LogP contribution in [0.5, 0.6) is 0 Å². The van der Waals surface area contributed by atoms with Crippen molar-refractivity contribution in [3.05, 3.63) is 0 Å². The molecule has 1 fully saturated rings. The third-order valence-corrected chi connectivity index (χ3v) is 4.27. The van der Waals surface area contributed by atoms with Crippen molar-refractivity contribution < 1.29 is 19.0 Å². The highest BCUT2D eigenvalue weighted by molar-refractivity contribution is 5.80. The highest BCUT2D eigenvalue weighted by Gasteiger charge is 2.32. The molecule has 0 aromatic rings. The first-order chi connectivity index (χ1) is 9.55. The Balaban J connectivity index is 2.25. The van der Waals surface area contributed by atoms with Crippen molar-refractivity contribution in [3.63, 3.8) is 0 Å². The summed E-state index contributed by atoms with van der Waals surface area (Å²) < 4.78 is 16.1. The first-order valence-electron chi connectivity index (χ1n) is 7.47. The normalized spacial score (nSPS) is 26.0. The van der Waals surface area contributed by atoms with Gasteiger partial charge in [-0.2, -0.15) is 0 Å². The molecule has 5 nitrogen and oxygen atoms in total. The van der Waals surface area contributed by atoms with Gasteiger partial charge in [-0.3, -0.25) is 4.79 Å². The van der Waals surface area contributed by atoms with Gasteiger partial charge in [-0.05, 0) is 52.5 Å². The second-order valence-electron chi connectivity index (χ2n) is 5.69. The lowest BCUT2D eigenvalue weighted by Crippen LogP contribution is -2.48. The second kappa shape index (κ2) is 8.60. The largest absolute Gasteiger partial charge is 0.468 e. The van der Waals surface area contributed by atoms with Gasteiger partial charge in [0, 0.05) is 13.7 Å². The number of hydrogen-bond donors (Lipinski definition) is 1. The van der Waals surface area contributed by atoms with Crippen LogP contribution in [-0.2, 0) is 19.0 Å². The number of methoxy groups -OCH3 is 2. The van der Waals surface area contributed by atoms with Crippen LogP contribution in [0.3, 0.4) is 0 Å². The summed E-state index contributed by atoms with van der Waals surface area (Å²) in [5, 5.41) is 3.03. The summed E-state index contributed by atoms with van der Waals surface area (Å²) in [5.41, 5.74) is -0.625. The molecular weight excluding hydrogens is 258 g/mol. The highest BCUT2D eigenvalue weighted by atomic mass is 16.5. The zero-order valence-electron chi connectivity index (χ0n) is 13.2. The van der Waals surface area contributed by atoms with E-state index in [1.54, 1.807) is 14.2 Å². The van der Waals surface area contributed by atoms with Gasteiger partial charge in [0.15, 0.2) is 0 Å².